The molecule has 2 nitrogen and oxygen atoms in total. The summed E-state index contributed by atoms with van der Waals surface area (Å²) in [6, 6.07) is 10.2. The fourth-order valence-corrected chi connectivity index (χ4v) is 3.24. The Bertz CT molecular complexity index is 838. The molecule has 3 rings (SSSR count). The number of aryl methyl sites for hydroxylation is 1. The molecule has 0 bridgehead atoms. The van der Waals surface area contributed by atoms with Crippen molar-refractivity contribution in [2.45, 2.75) is 13.3 Å². The Morgan fingerprint density at radius 1 is 1.24 bits per heavy atom. The molecule has 0 fully saturated rings. The third kappa shape index (κ3) is 2.48. The standard InChI is InChI=1S/C17H13FINO/c1-2-10-4-3-5-12-14(9-20-16(10)12)17(21)13-7-6-11(18)8-15(13)19/h3-9,20H,2H2,1H3. The molecule has 21 heavy (non-hydrogen) atoms. The number of para-hydroxylation sites is 1. The molecule has 0 spiro atoms. The molecular weight excluding hydrogens is 380 g/mol. The van der Waals surface area contributed by atoms with Gasteiger partial charge in [-0.25, -0.2) is 4.39 Å². The number of aromatic amines is 1. The summed E-state index contributed by atoms with van der Waals surface area (Å²) in [5, 5.41) is 0.916. The lowest BCUT2D eigenvalue weighted by molar-refractivity contribution is 0.103. The number of benzene rings is 2. The van der Waals surface area contributed by atoms with Crippen LogP contribution in [-0.2, 0) is 6.42 Å². The van der Waals surface area contributed by atoms with E-state index in [0.29, 0.717) is 14.7 Å². The monoisotopic (exact) mass is 393 g/mol. The number of halogens is 2. The second-order valence-corrected chi connectivity index (χ2v) is 6.01. The van der Waals surface area contributed by atoms with Crippen LogP contribution in [0.15, 0.2) is 42.6 Å². The van der Waals surface area contributed by atoms with Crippen LogP contribution in [0.25, 0.3) is 10.9 Å². The summed E-state index contributed by atoms with van der Waals surface area (Å²) in [5.41, 5.74) is 3.34. The fraction of sp³-hybridized carbons (Fsp3) is 0.118. The van der Waals surface area contributed by atoms with Crippen molar-refractivity contribution in [3.05, 3.63) is 68.7 Å². The summed E-state index contributed by atoms with van der Waals surface area (Å²) < 4.78 is 13.8. The van der Waals surface area contributed by atoms with Crippen LogP contribution in [0.4, 0.5) is 4.39 Å². The van der Waals surface area contributed by atoms with Crippen molar-refractivity contribution in [2.24, 2.45) is 0 Å². The molecular formula is C17H13FINO. The maximum atomic E-state index is 13.2. The Labute approximate surface area is 135 Å². The molecule has 0 aliphatic heterocycles. The number of aromatic nitrogens is 1. The van der Waals surface area contributed by atoms with E-state index in [-0.39, 0.29) is 11.6 Å². The summed E-state index contributed by atoms with van der Waals surface area (Å²) in [6.07, 6.45) is 2.64. The number of hydrogen-bond acceptors (Lipinski definition) is 1. The molecule has 3 aromatic rings. The number of rotatable bonds is 3. The average Bonchev–Trinajstić information content (AvgIpc) is 2.90. The molecule has 0 aliphatic carbocycles. The van der Waals surface area contributed by atoms with Crippen molar-refractivity contribution >= 4 is 39.3 Å². The van der Waals surface area contributed by atoms with Crippen LogP contribution >= 0.6 is 22.6 Å². The van der Waals surface area contributed by atoms with Gasteiger partial charge in [0.2, 0.25) is 0 Å². The third-order valence-electron chi connectivity index (χ3n) is 3.60. The Morgan fingerprint density at radius 2 is 2.05 bits per heavy atom. The van der Waals surface area contributed by atoms with Crippen LogP contribution in [0, 0.1) is 9.39 Å². The quantitative estimate of drug-likeness (QED) is 0.508. The van der Waals surface area contributed by atoms with E-state index < -0.39 is 0 Å². The van der Waals surface area contributed by atoms with Gasteiger partial charge in [0.05, 0.1) is 0 Å². The first-order chi connectivity index (χ1) is 10.1. The van der Waals surface area contributed by atoms with Gasteiger partial charge in [0.15, 0.2) is 5.78 Å². The Hall–Kier alpha value is -1.69. The largest absolute Gasteiger partial charge is 0.360 e. The summed E-state index contributed by atoms with van der Waals surface area (Å²) in [4.78, 5) is 15.9. The summed E-state index contributed by atoms with van der Waals surface area (Å²) in [5.74, 6) is -0.415. The van der Waals surface area contributed by atoms with E-state index >= 15 is 0 Å². The predicted octanol–water partition coefficient (Wildman–Crippen LogP) is 4.71. The summed E-state index contributed by atoms with van der Waals surface area (Å²) >= 11 is 1.99. The van der Waals surface area contributed by atoms with Gasteiger partial charge < -0.3 is 4.98 Å². The highest BCUT2D eigenvalue weighted by Gasteiger charge is 2.17. The van der Waals surface area contributed by atoms with Gasteiger partial charge in [0.1, 0.15) is 5.82 Å². The Balaban J connectivity index is 2.14. The lowest BCUT2D eigenvalue weighted by atomic mass is 10.0. The highest BCUT2D eigenvalue weighted by Crippen LogP contribution is 2.26. The zero-order chi connectivity index (χ0) is 15.0. The lowest BCUT2D eigenvalue weighted by Crippen LogP contribution is -2.03. The average molecular weight is 393 g/mol. The minimum atomic E-state index is -0.330. The van der Waals surface area contributed by atoms with Crippen LogP contribution in [-0.4, -0.2) is 10.8 Å². The molecule has 0 saturated carbocycles. The highest BCUT2D eigenvalue weighted by atomic mass is 127. The molecule has 0 radical (unpaired) electrons. The maximum Gasteiger partial charge on any atom is 0.196 e. The van der Waals surface area contributed by atoms with E-state index in [1.54, 1.807) is 12.3 Å². The van der Waals surface area contributed by atoms with Crippen LogP contribution in [0.3, 0.4) is 0 Å². The van der Waals surface area contributed by atoms with Crippen LogP contribution in [0.1, 0.15) is 28.4 Å². The van der Waals surface area contributed by atoms with Crippen molar-refractivity contribution in [1.29, 1.82) is 0 Å². The first-order valence-electron chi connectivity index (χ1n) is 6.70. The lowest BCUT2D eigenvalue weighted by Gasteiger charge is -2.04. The van der Waals surface area contributed by atoms with Crippen LogP contribution in [0.2, 0.25) is 0 Å². The molecule has 1 N–H and O–H groups in total. The zero-order valence-corrected chi connectivity index (χ0v) is 13.6. The number of hydrogen-bond donors (Lipinski definition) is 1. The number of nitrogens with one attached hydrogen (secondary N) is 1. The maximum absolute atomic E-state index is 13.2. The van der Waals surface area contributed by atoms with E-state index in [1.807, 2.05) is 34.7 Å². The molecule has 0 atom stereocenters. The van der Waals surface area contributed by atoms with Crippen molar-refractivity contribution in [3.8, 4) is 0 Å². The van der Waals surface area contributed by atoms with Gasteiger partial charge in [-0.3, -0.25) is 4.79 Å². The smallest absolute Gasteiger partial charge is 0.196 e. The van der Waals surface area contributed by atoms with E-state index in [0.717, 1.165) is 17.3 Å². The molecule has 0 unspecified atom stereocenters. The summed E-state index contributed by atoms with van der Waals surface area (Å²) in [7, 11) is 0. The van der Waals surface area contributed by atoms with Crippen molar-refractivity contribution in [1.82, 2.24) is 4.98 Å². The predicted molar refractivity (Wildman–Crippen MR) is 90.2 cm³/mol. The number of carbonyl (C=O) groups excluding carboxylic acids is 1. The van der Waals surface area contributed by atoms with E-state index in [4.69, 9.17) is 0 Å². The van der Waals surface area contributed by atoms with Gasteiger partial charge in [-0.15, -0.1) is 0 Å². The van der Waals surface area contributed by atoms with Gasteiger partial charge in [-0.2, -0.15) is 0 Å². The molecule has 0 saturated heterocycles. The van der Waals surface area contributed by atoms with E-state index in [9.17, 15) is 9.18 Å². The Morgan fingerprint density at radius 3 is 2.76 bits per heavy atom. The van der Waals surface area contributed by atoms with Gasteiger partial charge in [0.25, 0.3) is 0 Å². The molecule has 4 heteroatoms. The minimum absolute atomic E-state index is 0.0843. The van der Waals surface area contributed by atoms with Gasteiger partial charge in [-0.05, 0) is 52.8 Å². The van der Waals surface area contributed by atoms with Crippen LogP contribution in [0.5, 0.6) is 0 Å². The topological polar surface area (TPSA) is 32.9 Å². The number of carbonyl (C=O) groups is 1. The summed E-state index contributed by atoms with van der Waals surface area (Å²) in [6.45, 7) is 2.08. The number of H-pyrrole nitrogens is 1. The number of ketones is 1. The highest BCUT2D eigenvalue weighted by molar-refractivity contribution is 14.1. The van der Waals surface area contributed by atoms with Crippen LogP contribution < -0.4 is 0 Å². The first-order valence-corrected chi connectivity index (χ1v) is 7.78. The van der Waals surface area contributed by atoms with Gasteiger partial charge >= 0.3 is 0 Å². The van der Waals surface area contributed by atoms with E-state index in [2.05, 4.69) is 18.0 Å². The zero-order valence-electron chi connectivity index (χ0n) is 11.4. The molecule has 0 amide bonds. The van der Waals surface area contributed by atoms with Crippen molar-refractivity contribution in [3.63, 3.8) is 0 Å². The van der Waals surface area contributed by atoms with Crippen molar-refractivity contribution in [2.75, 3.05) is 0 Å². The fourth-order valence-electron chi connectivity index (χ4n) is 2.52. The SMILES string of the molecule is CCc1cccc2c(C(=O)c3ccc(F)cc3I)c[nH]c12. The van der Waals surface area contributed by atoms with E-state index in [1.165, 1.54) is 17.7 Å². The Kier molecular flexibility index (Phi) is 3.80. The molecule has 1 aromatic heterocycles. The second-order valence-electron chi connectivity index (χ2n) is 4.85. The van der Waals surface area contributed by atoms with Gasteiger partial charge in [-0.1, -0.05) is 25.1 Å². The van der Waals surface area contributed by atoms with Gasteiger partial charge in [0, 0.05) is 31.8 Å². The minimum Gasteiger partial charge on any atom is -0.360 e. The second kappa shape index (κ2) is 5.60. The normalized spacial score (nSPS) is 11.0. The first kappa shape index (κ1) is 14.3. The van der Waals surface area contributed by atoms with Crippen molar-refractivity contribution < 1.29 is 9.18 Å². The third-order valence-corrected chi connectivity index (χ3v) is 4.50. The molecule has 106 valence electrons. The molecule has 0 aliphatic rings. The number of fused-ring (bicyclic) bond motifs is 1. The molecule has 2 aromatic carbocycles. The molecule has 1 heterocycles.